The van der Waals surface area contributed by atoms with Crippen molar-refractivity contribution >= 4 is 22.7 Å². The maximum absolute atomic E-state index is 12.7. The Hall–Kier alpha value is -3.02. The smallest absolute Gasteiger partial charge is 0.289 e. The summed E-state index contributed by atoms with van der Waals surface area (Å²) >= 11 is 0. The fourth-order valence-corrected chi connectivity index (χ4v) is 3.20. The van der Waals surface area contributed by atoms with Gasteiger partial charge in [-0.05, 0) is 36.8 Å². The largest absolute Gasteiger partial charge is 0.459 e. The third-order valence-electron chi connectivity index (χ3n) is 4.59. The molecule has 1 aromatic carbocycles. The second kappa shape index (κ2) is 6.12. The van der Waals surface area contributed by atoms with Gasteiger partial charge in [-0.2, -0.15) is 0 Å². The molecule has 1 aliphatic rings. The molecule has 3 heterocycles. The molecule has 0 unspecified atom stereocenters. The Bertz CT molecular complexity index is 919. The van der Waals surface area contributed by atoms with E-state index in [4.69, 9.17) is 4.42 Å². The summed E-state index contributed by atoms with van der Waals surface area (Å²) in [6.45, 7) is 4.06. The Morgan fingerprint density at radius 2 is 1.72 bits per heavy atom. The molecule has 4 rings (SSSR count). The number of carbonyl (C=O) groups excluding carboxylic acids is 2. The molecule has 6 nitrogen and oxygen atoms in total. The number of hydrogen-bond acceptors (Lipinski definition) is 3. The standard InChI is InChI=1S/C19H19N3O3/c1-13-4-5-14-12-16(20-15(14)11-13)18(23)21-6-8-22(9-7-21)19(24)17-3-2-10-25-17/h2-5,10-12,20H,6-9H2,1H3. The molecule has 0 bridgehead atoms. The molecule has 0 aliphatic carbocycles. The van der Waals surface area contributed by atoms with Gasteiger partial charge in [0.05, 0.1) is 6.26 Å². The van der Waals surface area contributed by atoms with Gasteiger partial charge in [0.25, 0.3) is 11.8 Å². The van der Waals surface area contributed by atoms with Crippen LogP contribution in [0.15, 0.2) is 47.1 Å². The van der Waals surface area contributed by atoms with Crippen LogP contribution in [0.4, 0.5) is 0 Å². The van der Waals surface area contributed by atoms with Crippen molar-refractivity contribution < 1.29 is 14.0 Å². The number of hydrogen-bond donors (Lipinski definition) is 1. The number of rotatable bonds is 2. The van der Waals surface area contributed by atoms with Gasteiger partial charge < -0.3 is 19.2 Å². The van der Waals surface area contributed by atoms with E-state index < -0.39 is 0 Å². The topological polar surface area (TPSA) is 69.6 Å². The molecule has 128 valence electrons. The fraction of sp³-hybridized carbons (Fsp3) is 0.263. The van der Waals surface area contributed by atoms with Crippen LogP contribution >= 0.6 is 0 Å². The molecule has 0 atom stereocenters. The van der Waals surface area contributed by atoms with E-state index >= 15 is 0 Å². The first-order valence-electron chi connectivity index (χ1n) is 8.33. The molecule has 2 aromatic heterocycles. The Morgan fingerprint density at radius 1 is 1.00 bits per heavy atom. The highest BCUT2D eigenvalue weighted by Crippen LogP contribution is 2.19. The summed E-state index contributed by atoms with van der Waals surface area (Å²) in [4.78, 5) is 31.7. The van der Waals surface area contributed by atoms with Crippen LogP contribution in [0.1, 0.15) is 26.6 Å². The number of H-pyrrole nitrogens is 1. The molecular weight excluding hydrogens is 318 g/mol. The van der Waals surface area contributed by atoms with Crippen molar-refractivity contribution in [1.82, 2.24) is 14.8 Å². The van der Waals surface area contributed by atoms with Crippen LogP contribution in [0.5, 0.6) is 0 Å². The zero-order valence-corrected chi connectivity index (χ0v) is 14.0. The van der Waals surface area contributed by atoms with Crippen LogP contribution < -0.4 is 0 Å². The average molecular weight is 337 g/mol. The van der Waals surface area contributed by atoms with Crippen molar-refractivity contribution in [3.8, 4) is 0 Å². The lowest BCUT2D eigenvalue weighted by atomic mass is 10.2. The summed E-state index contributed by atoms with van der Waals surface area (Å²) in [7, 11) is 0. The molecule has 6 heteroatoms. The number of nitrogens with one attached hydrogen (secondary N) is 1. The number of piperazine rings is 1. The minimum Gasteiger partial charge on any atom is -0.459 e. The van der Waals surface area contributed by atoms with Crippen molar-refractivity contribution in [1.29, 1.82) is 0 Å². The van der Waals surface area contributed by atoms with Crippen molar-refractivity contribution in [2.75, 3.05) is 26.2 Å². The second-order valence-corrected chi connectivity index (χ2v) is 6.34. The van der Waals surface area contributed by atoms with Crippen LogP contribution in [-0.4, -0.2) is 52.8 Å². The van der Waals surface area contributed by atoms with Gasteiger partial charge >= 0.3 is 0 Å². The van der Waals surface area contributed by atoms with E-state index in [2.05, 4.69) is 4.98 Å². The van der Waals surface area contributed by atoms with Gasteiger partial charge in [0.15, 0.2) is 5.76 Å². The summed E-state index contributed by atoms with van der Waals surface area (Å²) in [5.41, 5.74) is 2.71. The van der Waals surface area contributed by atoms with E-state index in [0.29, 0.717) is 37.6 Å². The number of aromatic amines is 1. The minimum atomic E-state index is -0.127. The third-order valence-corrected chi connectivity index (χ3v) is 4.59. The first-order chi connectivity index (χ1) is 12.1. The lowest BCUT2D eigenvalue weighted by Crippen LogP contribution is -2.50. The van der Waals surface area contributed by atoms with Gasteiger partial charge in [-0.3, -0.25) is 9.59 Å². The van der Waals surface area contributed by atoms with Crippen molar-refractivity contribution in [2.45, 2.75) is 6.92 Å². The van der Waals surface area contributed by atoms with Gasteiger partial charge in [0.1, 0.15) is 5.69 Å². The summed E-state index contributed by atoms with van der Waals surface area (Å²) in [5.74, 6) is 0.183. The van der Waals surface area contributed by atoms with Gasteiger partial charge in [0, 0.05) is 37.1 Å². The quantitative estimate of drug-likeness (QED) is 0.781. The van der Waals surface area contributed by atoms with Gasteiger partial charge in [-0.1, -0.05) is 12.1 Å². The molecule has 1 saturated heterocycles. The molecule has 1 aliphatic heterocycles. The van der Waals surface area contributed by atoms with Gasteiger partial charge in [0.2, 0.25) is 0 Å². The Balaban J connectivity index is 1.44. The minimum absolute atomic E-state index is 0.0287. The first-order valence-corrected chi connectivity index (χ1v) is 8.33. The van der Waals surface area contributed by atoms with Crippen molar-refractivity contribution in [3.63, 3.8) is 0 Å². The highest BCUT2D eigenvalue weighted by molar-refractivity contribution is 5.98. The molecular formula is C19H19N3O3. The highest BCUT2D eigenvalue weighted by Gasteiger charge is 2.27. The Morgan fingerprint density at radius 3 is 2.40 bits per heavy atom. The van der Waals surface area contributed by atoms with E-state index in [1.165, 1.54) is 6.26 Å². The zero-order chi connectivity index (χ0) is 17.4. The molecule has 0 saturated carbocycles. The first kappa shape index (κ1) is 15.5. The summed E-state index contributed by atoms with van der Waals surface area (Å²) in [6, 6.07) is 11.3. The number of aromatic nitrogens is 1. The molecule has 2 amide bonds. The maximum atomic E-state index is 12.7. The predicted octanol–water partition coefficient (Wildman–Crippen LogP) is 2.67. The van der Waals surface area contributed by atoms with Crippen molar-refractivity contribution in [3.05, 3.63) is 59.7 Å². The predicted molar refractivity (Wildman–Crippen MR) is 93.6 cm³/mol. The number of amides is 2. The normalized spacial score (nSPS) is 14.9. The number of carbonyl (C=O) groups is 2. The van der Waals surface area contributed by atoms with Gasteiger partial charge in [-0.25, -0.2) is 0 Å². The summed E-state index contributed by atoms with van der Waals surface area (Å²) < 4.78 is 5.16. The molecule has 1 N–H and O–H groups in total. The van der Waals surface area contributed by atoms with E-state index in [1.54, 1.807) is 21.9 Å². The number of aryl methyl sites for hydroxylation is 1. The van der Waals surface area contributed by atoms with Crippen LogP contribution in [0.25, 0.3) is 10.9 Å². The molecule has 3 aromatic rings. The zero-order valence-electron chi connectivity index (χ0n) is 14.0. The van der Waals surface area contributed by atoms with Crippen LogP contribution in [0.3, 0.4) is 0 Å². The van der Waals surface area contributed by atoms with Crippen LogP contribution in [-0.2, 0) is 0 Å². The second-order valence-electron chi connectivity index (χ2n) is 6.34. The molecule has 0 radical (unpaired) electrons. The number of nitrogens with zero attached hydrogens (tertiary/aromatic N) is 2. The lowest BCUT2D eigenvalue weighted by Gasteiger charge is -2.34. The Labute approximate surface area is 145 Å². The highest BCUT2D eigenvalue weighted by atomic mass is 16.3. The maximum Gasteiger partial charge on any atom is 0.289 e. The van der Waals surface area contributed by atoms with Crippen LogP contribution in [0, 0.1) is 6.92 Å². The third kappa shape index (κ3) is 2.91. The number of benzene rings is 1. The number of furan rings is 1. The monoisotopic (exact) mass is 337 g/mol. The molecule has 0 spiro atoms. The summed E-state index contributed by atoms with van der Waals surface area (Å²) in [6.07, 6.45) is 1.49. The van der Waals surface area contributed by atoms with E-state index in [-0.39, 0.29) is 11.8 Å². The SMILES string of the molecule is Cc1ccc2cc(C(=O)N3CCN(C(=O)c4ccco4)CC3)[nH]c2c1. The fourth-order valence-electron chi connectivity index (χ4n) is 3.20. The Kier molecular flexibility index (Phi) is 3.80. The lowest BCUT2D eigenvalue weighted by molar-refractivity contribution is 0.0516. The van der Waals surface area contributed by atoms with Gasteiger partial charge in [-0.15, -0.1) is 0 Å². The van der Waals surface area contributed by atoms with E-state index in [1.807, 2.05) is 31.2 Å². The van der Waals surface area contributed by atoms with E-state index in [9.17, 15) is 9.59 Å². The number of fused-ring (bicyclic) bond motifs is 1. The molecule has 1 fully saturated rings. The van der Waals surface area contributed by atoms with Crippen molar-refractivity contribution in [2.24, 2.45) is 0 Å². The summed E-state index contributed by atoms with van der Waals surface area (Å²) in [5, 5.41) is 1.03. The van der Waals surface area contributed by atoms with Crippen LogP contribution in [0.2, 0.25) is 0 Å². The van der Waals surface area contributed by atoms with E-state index in [0.717, 1.165) is 16.5 Å². The average Bonchev–Trinajstić information content (AvgIpc) is 3.30. The molecule has 25 heavy (non-hydrogen) atoms.